The van der Waals surface area contributed by atoms with E-state index in [1.54, 1.807) is 35.4 Å². The highest BCUT2D eigenvalue weighted by molar-refractivity contribution is 5.95. The molecule has 3 aromatic heterocycles. The molecule has 0 unspecified atom stereocenters. The van der Waals surface area contributed by atoms with Gasteiger partial charge in [0.05, 0.1) is 17.3 Å². The maximum atomic E-state index is 12.2. The largest absolute Gasteiger partial charge is 0.281 e. The molecule has 0 aliphatic rings. The minimum atomic E-state index is -0.286. The number of hydrazine groups is 1. The number of rotatable bonds is 4. The standard InChI is InChI=1S/C19H17N7O/c1-12-3-4-15(9-13(12)2)26-18-16(10-23-26)17(21-11-22-18)24-25-19(27)14-5-7-20-8-6-14/h3-11H,1-2H3,(H,25,27)(H,21,22,24). The summed E-state index contributed by atoms with van der Waals surface area (Å²) in [6.07, 6.45) is 6.23. The van der Waals surface area contributed by atoms with Crippen molar-refractivity contribution in [1.82, 2.24) is 30.2 Å². The minimum absolute atomic E-state index is 0.286. The third kappa shape index (κ3) is 3.20. The van der Waals surface area contributed by atoms with E-state index in [0.29, 0.717) is 22.4 Å². The van der Waals surface area contributed by atoms with Gasteiger partial charge in [-0.1, -0.05) is 6.07 Å². The quantitative estimate of drug-likeness (QED) is 0.544. The molecule has 4 aromatic rings. The molecule has 0 saturated carbocycles. The second kappa shape index (κ2) is 6.83. The highest BCUT2D eigenvalue weighted by Gasteiger charge is 2.12. The number of aryl methyl sites for hydroxylation is 2. The zero-order chi connectivity index (χ0) is 18.8. The number of nitrogens with zero attached hydrogens (tertiary/aromatic N) is 5. The number of hydrogen-bond acceptors (Lipinski definition) is 6. The third-order valence-corrected chi connectivity index (χ3v) is 4.34. The van der Waals surface area contributed by atoms with Crippen LogP contribution in [0.4, 0.5) is 5.82 Å². The van der Waals surface area contributed by atoms with Gasteiger partial charge < -0.3 is 0 Å². The van der Waals surface area contributed by atoms with Crippen molar-refractivity contribution in [1.29, 1.82) is 0 Å². The van der Waals surface area contributed by atoms with E-state index in [1.807, 2.05) is 12.1 Å². The summed E-state index contributed by atoms with van der Waals surface area (Å²) in [6.45, 7) is 4.12. The van der Waals surface area contributed by atoms with Crippen molar-refractivity contribution < 1.29 is 4.79 Å². The number of aromatic nitrogens is 5. The molecule has 8 heteroatoms. The maximum Gasteiger partial charge on any atom is 0.269 e. The predicted octanol–water partition coefficient (Wildman–Crippen LogP) is 2.58. The smallest absolute Gasteiger partial charge is 0.269 e. The molecule has 0 aliphatic carbocycles. The van der Waals surface area contributed by atoms with Crippen molar-refractivity contribution >= 4 is 22.8 Å². The summed E-state index contributed by atoms with van der Waals surface area (Å²) in [5.41, 5.74) is 9.92. The summed E-state index contributed by atoms with van der Waals surface area (Å²) in [5.74, 6) is 0.184. The highest BCUT2D eigenvalue weighted by atomic mass is 16.2. The van der Waals surface area contributed by atoms with E-state index < -0.39 is 0 Å². The Labute approximate surface area is 155 Å². The SMILES string of the molecule is Cc1ccc(-n2ncc3c(NNC(=O)c4ccncc4)ncnc32)cc1C. The average Bonchev–Trinajstić information content (AvgIpc) is 3.13. The van der Waals surface area contributed by atoms with Crippen molar-refractivity contribution in [2.24, 2.45) is 0 Å². The Bertz CT molecular complexity index is 1120. The van der Waals surface area contributed by atoms with Gasteiger partial charge in [-0.15, -0.1) is 0 Å². The van der Waals surface area contributed by atoms with Crippen LogP contribution in [0.2, 0.25) is 0 Å². The number of anilines is 1. The van der Waals surface area contributed by atoms with E-state index in [1.165, 1.54) is 17.5 Å². The summed E-state index contributed by atoms with van der Waals surface area (Å²) in [6, 6.07) is 9.36. The monoisotopic (exact) mass is 359 g/mol. The fourth-order valence-electron chi connectivity index (χ4n) is 2.68. The Hall–Kier alpha value is -3.81. The van der Waals surface area contributed by atoms with Crippen molar-refractivity contribution in [3.8, 4) is 5.69 Å². The van der Waals surface area contributed by atoms with Crippen LogP contribution in [0.15, 0.2) is 55.2 Å². The molecular weight excluding hydrogens is 342 g/mol. The summed E-state index contributed by atoms with van der Waals surface area (Å²) >= 11 is 0. The van der Waals surface area contributed by atoms with Gasteiger partial charge in [0.1, 0.15) is 6.33 Å². The summed E-state index contributed by atoms with van der Waals surface area (Å²) in [5, 5.41) is 5.14. The number of benzene rings is 1. The summed E-state index contributed by atoms with van der Waals surface area (Å²) in [4.78, 5) is 24.6. The van der Waals surface area contributed by atoms with Gasteiger partial charge in [-0.05, 0) is 49.2 Å². The fourth-order valence-corrected chi connectivity index (χ4v) is 2.68. The fraction of sp³-hybridized carbons (Fsp3) is 0.105. The molecule has 27 heavy (non-hydrogen) atoms. The average molecular weight is 359 g/mol. The van der Waals surface area contributed by atoms with Gasteiger partial charge in [-0.3, -0.25) is 20.6 Å². The van der Waals surface area contributed by atoms with Gasteiger partial charge >= 0.3 is 0 Å². The van der Waals surface area contributed by atoms with E-state index in [4.69, 9.17) is 0 Å². The van der Waals surface area contributed by atoms with Crippen LogP contribution in [0.5, 0.6) is 0 Å². The van der Waals surface area contributed by atoms with Crippen molar-refractivity contribution in [2.45, 2.75) is 13.8 Å². The van der Waals surface area contributed by atoms with Gasteiger partial charge in [0.25, 0.3) is 5.91 Å². The molecule has 1 aromatic carbocycles. The van der Waals surface area contributed by atoms with Crippen molar-refractivity contribution in [3.63, 3.8) is 0 Å². The van der Waals surface area contributed by atoms with Crippen LogP contribution < -0.4 is 10.9 Å². The van der Waals surface area contributed by atoms with Gasteiger partial charge in [0, 0.05) is 18.0 Å². The zero-order valence-electron chi connectivity index (χ0n) is 14.8. The first kappa shape index (κ1) is 16.6. The minimum Gasteiger partial charge on any atom is -0.281 e. The summed E-state index contributed by atoms with van der Waals surface area (Å²) < 4.78 is 1.75. The van der Waals surface area contributed by atoms with E-state index >= 15 is 0 Å². The first-order valence-corrected chi connectivity index (χ1v) is 8.36. The lowest BCUT2D eigenvalue weighted by Crippen LogP contribution is -2.29. The molecule has 0 bridgehead atoms. The van der Waals surface area contributed by atoms with Gasteiger partial charge in [-0.25, -0.2) is 14.6 Å². The van der Waals surface area contributed by atoms with Crippen molar-refractivity contribution in [2.75, 3.05) is 5.43 Å². The molecule has 0 fully saturated rings. The van der Waals surface area contributed by atoms with Crippen LogP contribution in [0.3, 0.4) is 0 Å². The Morgan fingerprint density at radius 2 is 1.85 bits per heavy atom. The number of carbonyl (C=O) groups excluding carboxylic acids is 1. The molecule has 8 nitrogen and oxygen atoms in total. The maximum absolute atomic E-state index is 12.2. The molecule has 1 amide bonds. The topological polar surface area (TPSA) is 97.6 Å². The van der Waals surface area contributed by atoms with Crippen LogP contribution in [0.1, 0.15) is 21.5 Å². The molecule has 0 atom stereocenters. The molecule has 0 spiro atoms. The van der Waals surface area contributed by atoms with Crippen LogP contribution in [0.25, 0.3) is 16.7 Å². The van der Waals surface area contributed by atoms with E-state index in [0.717, 1.165) is 5.69 Å². The number of amides is 1. The lowest BCUT2D eigenvalue weighted by Gasteiger charge is -2.09. The second-order valence-electron chi connectivity index (χ2n) is 6.10. The van der Waals surface area contributed by atoms with Gasteiger partial charge in [-0.2, -0.15) is 5.10 Å². The Balaban J connectivity index is 1.63. The first-order chi connectivity index (χ1) is 13.1. The lowest BCUT2D eigenvalue weighted by atomic mass is 10.1. The molecule has 0 radical (unpaired) electrons. The van der Waals surface area contributed by atoms with E-state index in [-0.39, 0.29) is 5.91 Å². The van der Waals surface area contributed by atoms with Crippen LogP contribution in [-0.2, 0) is 0 Å². The molecule has 134 valence electrons. The molecular formula is C19H17N7O. The van der Waals surface area contributed by atoms with E-state index in [9.17, 15) is 4.79 Å². The lowest BCUT2D eigenvalue weighted by molar-refractivity contribution is 0.0962. The van der Waals surface area contributed by atoms with E-state index in [2.05, 4.69) is 50.8 Å². The number of nitrogens with one attached hydrogen (secondary N) is 2. The zero-order valence-corrected chi connectivity index (χ0v) is 14.8. The Morgan fingerprint density at radius 3 is 2.63 bits per heavy atom. The van der Waals surface area contributed by atoms with Crippen LogP contribution >= 0.6 is 0 Å². The van der Waals surface area contributed by atoms with Gasteiger partial charge in [0.2, 0.25) is 0 Å². The van der Waals surface area contributed by atoms with Crippen LogP contribution in [-0.4, -0.2) is 30.6 Å². The predicted molar refractivity (Wildman–Crippen MR) is 101 cm³/mol. The summed E-state index contributed by atoms with van der Waals surface area (Å²) in [7, 11) is 0. The van der Waals surface area contributed by atoms with Crippen LogP contribution in [0, 0.1) is 13.8 Å². The molecule has 0 aliphatic heterocycles. The third-order valence-electron chi connectivity index (χ3n) is 4.34. The number of fused-ring (bicyclic) bond motifs is 1. The number of pyridine rings is 1. The number of hydrogen-bond donors (Lipinski definition) is 2. The van der Waals surface area contributed by atoms with Gasteiger partial charge in [0.15, 0.2) is 11.5 Å². The molecule has 0 saturated heterocycles. The second-order valence-corrected chi connectivity index (χ2v) is 6.10. The Morgan fingerprint density at radius 1 is 1.04 bits per heavy atom. The van der Waals surface area contributed by atoms with Crippen molar-refractivity contribution in [3.05, 3.63) is 71.9 Å². The highest BCUT2D eigenvalue weighted by Crippen LogP contribution is 2.22. The molecule has 2 N–H and O–H groups in total. The first-order valence-electron chi connectivity index (χ1n) is 8.36. The molecule has 4 rings (SSSR count). The number of carbonyl (C=O) groups is 1. The normalized spacial score (nSPS) is 10.7. The Kier molecular flexibility index (Phi) is 4.21. The molecule has 3 heterocycles.